The molecule has 0 radical (unpaired) electrons. The van der Waals surface area contributed by atoms with Crippen LogP contribution in [0.5, 0.6) is 0 Å². The molecule has 3 heterocycles. The number of aromatic nitrogens is 3. The van der Waals surface area contributed by atoms with Crippen molar-refractivity contribution in [3.63, 3.8) is 0 Å². The fourth-order valence-corrected chi connectivity index (χ4v) is 5.99. The Balaban J connectivity index is 1.15. The molecule has 0 saturated heterocycles. The minimum atomic E-state index is -4.13. The molecule has 2 aliphatic rings. The molecule has 1 aliphatic carbocycles. The highest BCUT2D eigenvalue weighted by Crippen LogP contribution is 2.34. The van der Waals surface area contributed by atoms with Crippen molar-refractivity contribution in [3.05, 3.63) is 27.3 Å². The second-order valence-corrected chi connectivity index (χ2v) is 10.6. The van der Waals surface area contributed by atoms with Crippen LogP contribution in [-0.4, -0.2) is 45.1 Å². The third-order valence-electron chi connectivity index (χ3n) is 6.73. The summed E-state index contributed by atoms with van der Waals surface area (Å²) in [7, 11) is 0. The first kappa shape index (κ1) is 24.3. The van der Waals surface area contributed by atoms with E-state index >= 15 is 0 Å². The number of aryl methyl sites for hydroxylation is 2. The third-order valence-corrected chi connectivity index (χ3v) is 7.95. The van der Waals surface area contributed by atoms with Crippen LogP contribution in [0, 0.1) is 18.8 Å². The highest BCUT2D eigenvalue weighted by molar-refractivity contribution is 7.11. The van der Waals surface area contributed by atoms with Gasteiger partial charge in [-0.1, -0.05) is 18.0 Å². The molecule has 0 unspecified atom stereocenters. The average Bonchev–Trinajstić information content (AvgIpc) is 3.36. The summed E-state index contributed by atoms with van der Waals surface area (Å²) < 4.78 is 42.4. The smallest absolute Gasteiger partial charge is 0.340 e. The second-order valence-electron chi connectivity index (χ2n) is 9.44. The van der Waals surface area contributed by atoms with Crippen molar-refractivity contribution >= 4 is 17.1 Å². The lowest BCUT2D eigenvalue weighted by Gasteiger charge is -2.31. The second kappa shape index (κ2) is 10.6. The van der Waals surface area contributed by atoms with Crippen LogP contribution in [-0.2, 0) is 30.6 Å². The molecule has 2 aromatic rings. The van der Waals surface area contributed by atoms with Crippen molar-refractivity contribution in [1.29, 1.82) is 0 Å². The van der Waals surface area contributed by atoms with Gasteiger partial charge in [-0.15, -0.1) is 11.3 Å². The molecule has 4 rings (SSSR count). The quantitative estimate of drug-likeness (QED) is 0.494. The molecule has 0 amide bonds. The zero-order valence-electron chi connectivity index (χ0n) is 19.0. The predicted molar refractivity (Wildman–Crippen MR) is 118 cm³/mol. The topological polar surface area (TPSA) is 72.1 Å². The van der Waals surface area contributed by atoms with Crippen molar-refractivity contribution in [3.8, 4) is 0 Å². The van der Waals surface area contributed by atoms with Crippen LogP contribution in [0.3, 0.4) is 0 Å². The molecule has 0 aromatic carbocycles. The van der Waals surface area contributed by atoms with Crippen molar-refractivity contribution in [2.24, 2.45) is 11.8 Å². The summed E-state index contributed by atoms with van der Waals surface area (Å²) in [5.74, 6) is 2.27. The summed E-state index contributed by atoms with van der Waals surface area (Å²) in [6.07, 6.45) is 2.39. The van der Waals surface area contributed by atoms with Gasteiger partial charge in [0, 0.05) is 44.2 Å². The Morgan fingerprint density at radius 3 is 2.64 bits per heavy atom. The van der Waals surface area contributed by atoms with E-state index in [0.717, 1.165) is 68.7 Å². The number of ketones is 1. The van der Waals surface area contributed by atoms with Gasteiger partial charge in [0.25, 0.3) is 0 Å². The van der Waals surface area contributed by atoms with Crippen LogP contribution >= 0.6 is 11.3 Å². The van der Waals surface area contributed by atoms with Gasteiger partial charge in [-0.05, 0) is 44.1 Å². The molecule has 33 heavy (non-hydrogen) atoms. The molecule has 0 bridgehead atoms. The monoisotopic (exact) mass is 484 g/mol. The number of Topliss-reactive ketones (excluding diaryl/α,β-unsaturated/α-hetero) is 1. The molecule has 0 spiro atoms. The maximum Gasteiger partial charge on any atom is 0.389 e. The van der Waals surface area contributed by atoms with Crippen molar-refractivity contribution in [2.75, 3.05) is 13.1 Å². The molecule has 1 fully saturated rings. The Bertz CT molecular complexity index is 935. The first-order valence-corrected chi connectivity index (χ1v) is 12.6. The minimum absolute atomic E-state index is 0.0122. The van der Waals surface area contributed by atoms with Crippen LogP contribution in [0.2, 0.25) is 0 Å². The molecule has 1 aliphatic heterocycles. The van der Waals surface area contributed by atoms with E-state index in [2.05, 4.69) is 20.0 Å². The summed E-state index contributed by atoms with van der Waals surface area (Å²) in [6.45, 7) is 4.42. The molecule has 1 saturated carbocycles. The van der Waals surface area contributed by atoms with E-state index < -0.39 is 12.6 Å². The van der Waals surface area contributed by atoms with Crippen LogP contribution in [0.25, 0.3) is 0 Å². The summed E-state index contributed by atoms with van der Waals surface area (Å²) in [6, 6.07) is 0. The van der Waals surface area contributed by atoms with Gasteiger partial charge in [-0.25, -0.2) is 4.98 Å². The first-order valence-electron chi connectivity index (χ1n) is 11.8. The average molecular weight is 485 g/mol. The van der Waals surface area contributed by atoms with Gasteiger partial charge < -0.3 is 4.52 Å². The van der Waals surface area contributed by atoms with E-state index in [-0.39, 0.29) is 18.6 Å². The molecule has 0 N–H and O–H groups in total. The van der Waals surface area contributed by atoms with Crippen LogP contribution < -0.4 is 0 Å². The molecule has 182 valence electrons. The number of hydrogen-bond acceptors (Lipinski definition) is 7. The Morgan fingerprint density at radius 1 is 1.18 bits per heavy atom. The number of thiazole rings is 1. The number of hydrogen-bond donors (Lipinski definition) is 0. The van der Waals surface area contributed by atoms with E-state index in [9.17, 15) is 18.0 Å². The number of rotatable bonds is 9. The normalized spacial score (nSPS) is 21.8. The zero-order chi connectivity index (χ0) is 23.4. The van der Waals surface area contributed by atoms with Gasteiger partial charge in [0.05, 0.1) is 17.1 Å². The fraction of sp³-hybridized carbons (Fsp3) is 0.739. The molecule has 6 nitrogen and oxygen atoms in total. The highest BCUT2D eigenvalue weighted by atomic mass is 32.1. The van der Waals surface area contributed by atoms with E-state index in [4.69, 9.17) is 4.52 Å². The Morgan fingerprint density at radius 2 is 1.94 bits per heavy atom. The maximum absolute atomic E-state index is 12.5. The SMILES string of the molecule is Cc1nc(CC(=O)CC2CCC(CCN3CCc4sc(CCC(F)(F)F)nc4C3)CC2)no1. The lowest BCUT2D eigenvalue weighted by molar-refractivity contribution is -0.134. The number of carbonyl (C=O) groups excluding carboxylic acids is 1. The lowest BCUT2D eigenvalue weighted by atomic mass is 9.78. The molecule has 0 atom stereocenters. The van der Waals surface area contributed by atoms with E-state index in [0.29, 0.717) is 35.0 Å². The molecular weight excluding hydrogens is 453 g/mol. The maximum atomic E-state index is 12.5. The van der Waals surface area contributed by atoms with Crippen LogP contribution in [0.1, 0.15) is 72.2 Å². The summed E-state index contributed by atoms with van der Waals surface area (Å²) in [5, 5.41) is 4.42. The highest BCUT2D eigenvalue weighted by Gasteiger charge is 2.29. The van der Waals surface area contributed by atoms with E-state index in [1.807, 2.05) is 0 Å². The number of halogens is 3. The summed E-state index contributed by atoms with van der Waals surface area (Å²) in [5.41, 5.74) is 0.974. The Labute approximate surface area is 196 Å². The molecule has 2 aromatic heterocycles. The van der Waals surface area contributed by atoms with Gasteiger partial charge in [-0.3, -0.25) is 9.69 Å². The van der Waals surface area contributed by atoms with Crippen molar-refractivity contribution in [2.45, 2.75) is 83.9 Å². The number of carbonyl (C=O) groups is 1. The molecule has 10 heteroatoms. The minimum Gasteiger partial charge on any atom is -0.340 e. The number of fused-ring (bicyclic) bond motifs is 1. The number of alkyl halides is 3. The fourth-order valence-electron chi connectivity index (χ4n) is 4.93. The van der Waals surface area contributed by atoms with Crippen molar-refractivity contribution in [1.82, 2.24) is 20.0 Å². The largest absolute Gasteiger partial charge is 0.389 e. The van der Waals surface area contributed by atoms with E-state index in [1.54, 1.807) is 6.92 Å². The van der Waals surface area contributed by atoms with Gasteiger partial charge in [0.15, 0.2) is 5.82 Å². The van der Waals surface area contributed by atoms with Crippen LogP contribution in [0.15, 0.2) is 4.52 Å². The zero-order valence-corrected chi connectivity index (χ0v) is 19.8. The van der Waals surface area contributed by atoms with Crippen LogP contribution in [0.4, 0.5) is 13.2 Å². The van der Waals surface area contributed by atoms with E-state index in [1.165, 1.54) is 11.3 Å². The Kier molecular flexibility index (Phi) is 7.83. The summed E-state index contributed by atoms with van der Waals surface area (Å²) >= 11 is 1.45. The Hall–Kier alpha value is -1.81. The van der Waals surface area contributed by atoms with Gasteiger partial charge in [0.1, 0.15) is 5.78 Å². The van der Waals surface area contributed by atoms with Gasteiger partial charge in [0.2, 0.25) is 5.89 Å². The lowest BCUT2D eigenvalue weighted by Crippen LogP contribution is -2.32. The predicted octanol–water partition coefficient (Wildman–Crippen LogP) is 5.09. The van der Waals surface area contributed by atoms with Gasteiger partial charge in [-0.2, -0.15) is 18.2 Å². The first-order chi connectivity index (χ1) is 15.7. The van der Waals surface area contributed by atoms with Crippen molar-refractivity contribution < 1.29 is 22.5 Å². The third kappa shape index (κ3) is 7.34. The van der Waals surface area contributed by atoms with Gasteiger partial charge >= 0.3 is 6.18 Å². The standard InChI is InChI=1S/C23H31F3N4O2S/c1-15-27-21(29-32-15)13-18(31)12-17-4-2-16(3-5-17)7-10-30-11-8-20-19(14-30)28-22(33-20)6-9-23(24,25)26/h16-17H,2-14H2,1H3. The molecular formula is C23H31F3N4O2S. The number of nitrogens with zero attached hydrogens (tertiary/aromatic N) is 4. The summed E-state index contributed by atoms with van der Waals surface area (Å²) in [4.78, 5) is 24.5.